The first-order valence-corrected chi connectivity index (χ1v) is 17.2. The summed E-state index contributed by atoms with van der Waals surface area (Å²) in [6.07, 6.45) is 0. The van der Waals surface area contributed by atoms with Crippen molar-refractivity contribution in [1.29, 1.82) is 0 Å². The summed E-state index contributed by atoms with van der Waals surface area (Å²) in [7, 11) is 0. The molecule has 10 aromatic rings. The highest BCUT2D eigenvalue weighted by Crippen LogP contribution is 2.42. The van der Waals surface area contributed by atoms with Crippen LogP contribution in [0, 0.1) is 0 Å². The van der Waals surface area contributed by atoms with Crippen LogP contribution in [0.3, 0.4) is 0 Å². The molecule has 0 bridgehead atoms. The molecule has 0 saturated carbocycles. The van der Waals surface area contributed by atoms with Gasteiger partial charge in [0.05, 0.1) is 22.1 Å². The molecule has 0 amide bonds. The van der Waals surface area contributed by atoms with Gasteiger partial charge in [-0.1, -0.05) is 133 Å². The van der Waals surface area contributed by atoms with Crippen LogP contribution in [0.2, 0.25) is 0 Å². The number of hydrogen-bond acceptors (Lipinski definition) is 0. The molecule has 0 aliphatic rings. The molecular formula is C48H32N2. The van der Waals surface area contributed by atoms with E-state index in [4.69, 9.17) is 0 Å². The fourth-order valence-corrected chi connectivity index (χ4v) is 7.85. The van der Waals surface area contributed by atoms with E-state index in [2.05, 4.69) is 203 Å². The van der Waals surface area contributed by atoms with Crippen molar-refractivity contribution in [3.63, 3.8) is 0 Å². The Morgan fingerprint density at radius 1 is 0.260 bits per heavy atom. The Kier molecular flexibility index (Phi) is 6.53. The second kappa shape index (κ2) is 11.5. The molecule has 0 aliphatic heterocycles. The summed E-state index contributed by atoms with van der Waals surface area (Å²) in [6, 6.07) is 70.4. The van der Waals surface area contributed by atoms with E-state index in [1.54, 1.807) is 0 Å². The first-order chi connectivity index (χ1) is 24.8. The number of nitrogens with zero attached hydrogens (tertiary/aromatic N) is 2. The highest BCUT2D eigenvalue weighted by atomic mass is 15.0. The molecule has 0 saturated heterocycles. The van der Waals surface area contributed by atoms with E-state index < -0.39 is 0 Å². The third kappa shape index (κ3) is 4.50. The average Bonchev–Trinajstić information content (AvgIpc) is 3.71. The predicted molar refractivity (Wildman–Crippen MR) is 211 cm³/mol. The summed E-state index contributed by atoms with van der Waals surface area (Å²) in [5, 5.41) is 5.01. The van der Waals surface area contributed by atoms with Gasteiger partial charge < -0.3 is 9.13 Å². The third-order valence-electron chi connectivity index (χ3n) is 10.1. The van der Waals surface area contributed by atoms with Crippen molar-refractivity contribution in [1.82, 2.24) is 9.13 Å². The molecule has 2 heterocycles. The first-order valence-electron chi connectivity index (χ1n) is 17.2. The lowest BCUT2D eigenvalue weighted by atomic mass is 9.97. The molecule has 0 spiro atoms. The molecule has 234 valence electrons. The van der Waals surface area contributed by atoms with Crippen LogP contribution < -0.4 is 0 Å². The molecule has 0 fully saturated rings. The van der Waals surface area contributed by atoms with E-state index >= 15 is 0 Å². The summed E-state index contributed by atoms with van der Waals surface area (Å²) < 4.78 is 4.82. The average molecular weight is 637 g/mol. The number of hydrogen-bond donors (Lipinski definition) is 0. The second-order valence-electron chi connectivity index (χ2n) is 13.0. The quantitative estimate of drug-likeness (QED) is 0.178. The van der Waals surface area contributed by atoms with E-state index in [9.17, 15) is 0 Å². The van der Waals surface area contributed by atoms with Crippen LogP contribution in [-0.4, -0.2) is 9.13 Å². The van der Waals surface area contributed by atoms with Crippen molar-refractivity contribution in [2.75, 3.05) is 0 Å². The standard InChI is InChI=1S/C48H32N2/c1-4-14-33(15-5-1)35-18-12-21-39(30-35)50-44-24-11-10-22-41(44)48-40(23-13-25-47(48)50)37-27-29-46-43(32-37)42-31-36(34-16-6-2-7-17-34)26-28-45(42)49(46)38-19-8-3-9-20-38/h1-32H. The van der Waals surface area contributed by atoms with E-state index in [-0.39, 0.29) is 0 Å². The van der Waals surface area contributed by atoms with Gasteiger partial charge in [0, 0.05) is 32.9 Å². The zero-order valence-electron chi connectivity index (χ0n) is 27.4. The fraction of sp³-hybridized carbons (Fsp3) is 0. The van der Waals surface area contributed by atoms with Crippen molar-refractivity contribution in [2.24, 2.45) is 0 Å². The number of fused-ring (bicyclic) bond motifs is 6. The van der Waals surface area contributed by atoms with Gasteiger partial charge in [0.25, 0.3) is 0 Å². The number of aromatic nitrogens is 2. The molecule has 8 aromatic carbocycles. The molecule has 0 atom stereocenters. The lowest BCUT2D eigenvalue weighted by Crippen LogP contribution is -1.94. The fourth-order valence-electron chi connectivity index (χ4n) is 7.85. The summed E-state index contributed by atoms with van der Waals surface area (Å²) in [5.41, 5.74) is 14.4. The van der Waals surface area contributed by atoms with Crippen LogP contribution in [0.1, 0.15) is 0 Å². The predicted octanol–water partition coefficient (Wildman–Crippen LogP) is 12.9. The van der Waals surface area contributed by atoms with Crippen LogP contribution >= 0.6 is 0 Å². The lowest BCUT2D eigenvalue weighted by Gasteiger charge is -2.11. The Morgan fingerprint density at radius 2 is 0.740 bits per heavy atom. The van der Waals surface area contributed by atoms with Gasteiger partial charge in [-0.25, -0.2) is 0 Å². The minimum atomic E-state index is 1.16. The molecule has 0 unspecified atom stereocenters. The van der Waals surface area contributed by atoms with Gasteiger partial charge in [-0.2, -0.15) is 0 Å². The van der Waals surface area contributed by atoms with Crippen LogP contribution in [0.25, 0.3) is 88.4 Å². The number of para-hydroxylation sites is 2. The van der Waals surface area contributed by atoms with Gasteiger partial charge in [-0.3, -0.25) is 0 Å². The minimum Gasteiger partial charge on any atom is -0.309 e. The molecule has 0 radical (unpaired) electrons. The van der Waals surface area contributed by atoms with Gasteiger partial charge in [0.1, 0.15) is 0 Å². The molecule has 50 heavy (non-hydrogen) atoms. The summed E-state index contributed by atoms with van der Waals surface area (Å²) in [6.45, 7) is 0. The molecule has 2 heteroatoms. The van der Waals surface area contributed by atoms with Crippen LogP contribution in [0.4, 0.5) is 0 Å². The lowest BCUT2D eigenvalue weighted by molar-refractivity contribution is 1.18. The van der Waals surface area contributed by atoms with Crippen molar-refractivity contribution in [3.05, 3.63) is 194 Å². The topological polar surface area (TPSA) is 9.86 Å². The highest BCUT2D eigenvalue weighted by Gasteiger charge is 2.19. The molecular weight excluding hydrogens is 605 g/mol. The van der Waals surface area contributed by atoms with Gasteiger partial charge in [-0.05, 0) is 94.0 Å². The Balaban J connectivity index is 1.22. The largest absolute Gasteiger partial charge is 0.309 e. The SMILES string of the molecule is c1ccc(-c2cccc(-n3c4ccccc4c4c(-c5ccc6c(c5)c5cc(-c7ccccc7)ccc5n6-c5ccccc5)cccc43)c2)cc1. The van der Waals surface area contributed by atoms with Crippen molar-refractivity contribution in [3.8, 4) is 44.8 Å². The molecule has 0 aliphatic carbocycles. The maximum absolute atomic E-state index is 2.42. The maximum atomic E-state index is 2.42. The van der Waals surface area contributed by atoms with Crippen LogP contribution in [0.15, 0.2) is 194 Å². The zero-order valence-corrected chi connectivity index (χ0v) is 27.4. The smallest absolute Gasteiger partial charge is 0.0547 e. The minimum absolute atomic E-state index is 1.16. The molecule has 2 aromatic heterocycles. The van der Waals surface area contributed by atoms with E-state index in [0.717, 1.165) is 11.4 Å². The Morgan fingerprint density at radius 3 is 1.46 bits per heavy atom. The molecule has 0 N–H and O–H groups in total. The van der Waals surface area contributed by atoms with E-state index in [0.29, 0.717) is 0 Å². The monoisotopic (exact) mass is 636 g/mol. The zero-order chi connectivity index (χ0) is 33.0. The van der Waals surface area contributed by atoms with Crippen LogP contribution in [0.5, 0.6) is 0 Å². The second-order valence-corrected chi connectivity index (χ2v) is 13.0. The van der Waals surface area contributed by atoms with E-state index in [1.807, 2.05) is 0 Å². The van der Waals surface area contributed by atoms with Gasteiger partial charge in [-0.15, -0.1) is 0 Å². The first kappa shape index (κ1) is 28.4. The van der Waals surface area contributed by atoms with Crippen LogP contribution in [-0.2, 0) is 0 Å². The Bertz CT molecular complexity index is 2840. The third-order valence-corrected chi connectivity index (χ3v) is 10.1. The number of rotatable bonds is 5. The van der Waals surface area contributed by atoms with Gasteiger partial charge in [0.15, 0.2) is 0 Å². The normalized spacial score (nSPS) is 11.6. The maximum Gasteiger partial charge on any atom is 0.0547 e. The summed E-state index contributed by atoms with van der Waals surface area (Å²) in [5.74, 6) is 0. The Labute approximate surface area is 290 Å². The summed E-state index contributed by atoms with van der Waals surface area (Å²) in [4.78, 5) is 0. The Hall–Kier alpha value is -6.64. The molecule has 10 rings (SSSR count). The van der Waals surface area contributed by atoms with Gasteiger partial charge >= 0.3 is 0 Å². The molecule has 2 nitrogen and oxygen atoms in total. The van der Waals surface area contributed by atoms with Crippen molar-refractivity contribution >= 4 is 43.6 Å². The summed E-state index contributed by atoms with van der Waals surface area (Å²) >= 11 is 0. The van der Waals surface area contributed by atoms with E-state index in [1.165, 1.54) is 77.0 Å². The number of benzene rings is 8. The van der Waals surface area contributed by atoms with Crippen molar-refractivity contribution < 1.29 is 0 Å². The van der Waals surface area contributed by atoms with Crippen molar-refractivity contribution in [2.45, 2.75) is 0 Å². The highest BCUT2D eigenvalue weighted by molar-refractivity contribution is 6.17. The van der Waals surface area contributed by atoms with Gasteiger partial charge in [0.2, 0.25) is 0 Å².